The number of hydrogen-bond donors (Lipinski definition) is 0. The lowest BCUT2D eigenvalue weighted by Gasteiger charge is -2.25. The first-order valence-corrected chi connectivity index (χ1v) is 9.08. The van der Waals surface area contributed by atoms with Gasteiger partial charge in [-0.3, -0.25) is 0 Å². The van der Waals surface area contributed by atoms with E-state index in [0.29, 0.717) is 5.92 Å². The van der Waals surface area contributed by atoms with Gasteiger partial charge in [0.2, 0.25) is 0 Å². The zero-order valence-corrected chi connectivity index (χ0v) is 14.6. The van der Waals surface area contributed by atoms with Crippen molar-refractivity contribution >= 4 is 0 Å². The van der Waals surface area contributed by atoms with Gasteiger partial charge in [-0.2, -0.15) is 0 Å². The molecule has 2 rings (SSSR count). The molecule has 23 heavy (non-hydrogen) atoms. The first-order valence-electron chi connectivity index (χ1n) is 9.08. The monoisotopic (exact) mass is 304 g/mol. The quantitative estimate of drug-likeness (QED) is 0.622. The minimum Gasteiger partial charge on any atom is -0.0951 e. The molecule has 0 heterocycles. The van der Waals surface area contributed by atoms with Crippen LogP contribution in [-0.4, -0.2) is 0 Å². The fraction of sp³-hybridized carbons (Fsp3) is 0.478. The van der Waals surface area contributed by atoms with E-state index in [4.69, 9.17) is 0 Å². The van der Waals surface area contributed by atoms with Gasteiger partial charge in [0, 0.05) is 11.5 Å². The molecule has 0 bridgehead atoms. The molecule has 0 atom stereocenters. The molecule has 0 aromatic heterocycles. The van der Waals surface area contributed by atoms with Crippen molar-refractivity contribution in [2.24, 2.45) is 11.8 Å². The van der Waals surface area contributed by atoms with Crippen LogP contribution < -0.4 is 0 Å². The van der Waals surface area contributed by atoms with E-state index in [9.17, 15) is 0 Å². The van der Waals surface area contributed by atoms with Crippen LogP contribution in [0.3, 0.4) is 0 Å². The summed E-state index contributed by atoms with van der Waals surface area (Å²) in [5.74, 6) is 14.3. The number of hydrogen-bond acceptors (Lipinski definition) is 0. The molecule has 0 saturated heterocycles. The number of aryl methyl sites for hydroxylation is 1. The molecule has 1 aromatic rings. The van der Waals surface area contributed by atoms with Crippen LogP contribution in [-0.2, 0) is 6.42 Å². The molecule has 0 N–H and O–H groups in total. The smallest absolute Gasteiger partial charge is 0.0249 e. The van der Waals surface area contributed by atoms with Crippen LogP contribution in [0.1, 0.15) is 63.5 Å². The molecule has 0 radical (unpaired) electrons. The summed E-state index contributed by atoms with van der Waals surface area (Å²) in [4.78, 5) is 0. The molecule has 1 aliphatic rings. The molecule has 0 spiro atoms. The van der Waals surface area contributed by atoms with E-state index in [2.05, 4.69) is 61.8 Å². The summed E-state index contributed by atoms with van der Waals surface area (Å²) in [5.41, 5.74) is 2.42. The van der Waals surface area contributed by atoms with E-state index in [-0.39, 0.29) is 0 Å². The molecule has 1 aromatic carbocycles. The lowest BCUT2D eigenvalue weighted by atomic mass is 9.80. The van der Waals surface area contributed by atoms with E-state index in [1.54, 1.807) is 0 Å². The molecule has 1 saturated carbocycles. The van der Waals surface area contributed by atoms with Gasteiger partial charge in [-0.25, -0.2) is 0 Å². The van der Waals surface area contributed by atoms with Crippen LogP contribution in [0.25, 0.3) is 0 Å². The maximum atomic E-state index is 3.39. The predicted molar refractivity (Wildman–Crippen MR) is 100.0 cm³/mol. The highest BCUT2D eigenvalue weighted by Crippen LogP contribution is 2.30. The second kappa shape index (κ2) is 9.97. The highest BCUT2D eigenvalue weighted by atomic mass is 14.2. The van der Waals surface area contributed by atoms with Crippen molar-refractivity contribution in [1.82, 2.24) is 0 Å². The number of allylic oxidation sites excluding steroid dienone is 2. The molecule has 0 heteroatoms. The lowest BCUT2D eigenvalue weighted by Crippen LogP contribution is -2.12. The minimum absolute atomic E-state index is 0.599. The van der Waals surface area contributed by atoms with Crippen LogP contribution in [0, 0.1) is 35.5 Å². The summed E-state index contributed by atoms with van der Waals surface area (Å²) < 4.78 is 0. The van der Waals surface area contributed by atoms with E-state index in [1.165, 1.54) is 44.1 Å². The summed E-state index contributed by atoms with van der Waals surface area (Å²) in [6.45, 7) is 4.45. The Labute approximate surface area is 142 Å². The van der Waals surface area contributed by atoms with Crippen LogP contribution in [0.4, 0.5) is 0 Å². The third kappa shape index (κ3) is 6.38. The van der Waals surface area contributed by atoms with Crippen LogP contribution in [0.2, 0.25) is 0 Å². The van der Waals surface area contributed by atoms with Gasteiger partial charge in [0.25, 0.3) is 0 Å². The fourth-order valence-electron chi connectivity index (χ4n) is 3.20. The van der Waals surface area contributed by atoms with E-state index in [0.717, 1.165) is 17.9 Å². The lowest BCUT2D eigenvalue weighted by molar-refractivity contribution is 0.300. The van der Waals surface area contributed by atoms with Crippen molar-refractivity contribution in [3.05, 3.63) is 47.5 Å². The van der Waals surface area contributed by atoms with Crippen LogP contribution in [0.15, 0.2) is 36.4 Å². The van der Waals surface area contributed by atoms with E-state index in [1.807, 2.05) is 12.2 Å². The first-order chi connectivity index (χ1) is 11.3. The Hall–Kier alpha value is -1.92. The Kier molecular flexibility index (Phi) is 7.56. The normalized spacial score (nSPS) is 20.4. The van der Waals surface area contributed by atoms with Crippen molar-refractivity contribution < 1.29 is 0 Å². The van der Waals surface area contributed by atoms with E-state index >= 15 is 0 Å². The van der Waals surface area contributed by atoms with Gasteiger partial charge in [0.1, 0.15) is 0 Å². The molecule has 1 aliphatic carbocycles. The molecule has 0 aliphatic heterocycles. The summed E-state index contributed by atoms with van der Waals surface area (Å²) in [5, 5.41) is 0. The minimum atomic E-state index is 0.599. The average molecular weight is 304 g/mol. The Morgan fingerprint density at radius 2 is 1.65 bits per heavy atom. The molecule has 1 fully saturated rings. The topological polar surface area (TPSA) is 0 Å². The summed E-state index contributed by atoms with van der Waals surface area (Å²) in [7, 11) is 0. The second-order valence-corrected chi connectivity index (χ2v) is 6.45. The van der Waals surface area contributed by atoms with Crippen LogP contribution >= 0.6 is 0 Å². The van der Waals surface area contributed by atoms with Crippen molar-refractivity contribution in [2.45, 2.75) is 58.8 Å². The third-order valence-corrected chi connectivity index (χ3v) is 4.66. The highest BCUT2D eigenvalue weighted by Gasteiger charge is 2.18. The average Bonchev–Trinajstić information content (AvgIpc) is 2.60. The Morgan fingerprint density at radius 1 is 0.957 bits per heavy atom. The standard InChI is InChI=1S/C23H28/c1-3-9-21-16-18-23(19-17-21)11-8-6-5-7-10-22-14-12-20(4-2)13-15-22/h5-6,12-15,21,23H,3-4,9,16-19H2,1-2H3. The second-order valence-electron chi connectivity index (χ2n) is 6.45. The maximum absolute atomic E-state index is 3.39. The van der Waals surface area contributed by atoms with Gasteiger partial charge in [-0.1, -0.05) is 62.5 Å². The van der Waals surface area contributed by atoms with Crippen LogP contribution in [0.5, 0.6) is 0 Å². The molecule has 0 nitrogen and oxygen atoms in total. The van der Waals surface area contributed by atoms with Crippen molar-refractivity contribution in [2.75, 3.05) is 0 Å². The summed E-state index contributed by atoms with van der Waals surface area (Å²) >= 11 is 0. The molecule has 0 unspecified atom stereocenters. The fourth-order valence-corrected chi connectivity index (χ4v) is 3.20. The van der Waals surface area contributed by atoms with Gasteiger partial charge < -0.3 is 0 Å². The third-order valence-electron chi connectivity index (χ3n) is 4.66. The van der Waals surface area contributed by atoms with Gasteiger partial charge in [0.05, 0.1) is 0 Å². The van der Waals surface area contributed by atoms with Gasteiger partial charge in [-0.05, 0) is 67.9 Å². The largest absolute Gasteiger partial charge is 0.0951 e. The Bertz CT molecular complexity index is 602. The van der Waals surface area contributed by atoms with Crippen molar-refractivity contribution in [3.63, 3.8) is 0 Å². The van der Waals surface area contributed by atoms with Gasteiger partial charge >= 0.3 is 0 Å². The first kappa shape index (κ1) is 17.4. The van der Waals surface area contributed by atoms with Gasteiger partial charge in [-0.15, -0.1) is 0 Å². The van der Waals surface area contributed by atoms with Gasteiger partial charge in [0.15, 0.2) is 0 Å². The number of rotatable bonds is 3. The maximum Gasteiger partial charge on any atom is 0.0249 e. The predicted octanol–water partition coefficient (Wildman–Crippen LogP) is 5.77. The highest BCUT2D eigenvalue weighted by molar-refractivity contribution is 5.39. The molecule has 120 valence electrons. The summed E-state index contributed by atoms with van der Waals surface area (Å²) in [6.07, 6.45) is 12.8. The molecular formula is C23H28. The van der Waals surface area contributed by atoms with Crippen molar-refractivity contribution in [1.29, 1.82) is 0 Å². The van der Waals surface area contributed by atoms with E-state index < -0.39 is 0 Å². The summed E-state index contributed by atoms with van der Waals surface area (Å²) in [6, 6.07) is 8.45. The molecule has 0 amide bonds. The zero-order valence-electron chi connectivity index (χ0n) is 14.6. The zero-order chi connectivity index (χ0) is 16.3. The Balaban J connectivity index is 1.76. The Morgan fingerprint density at radius 3 is 2.30 bits per heavy atom. The van der Waals surface area contributed by atoms with Crippen molar-refractivity contribution in [3.8, 4) is 23.7 Å². The molecular weight excluding hydrogens is 276 g/mol. The SMILES string of the molecule is CCCC1CCC(C#CC=CC#Cc2ccc(CC)cc2)CC1. The number of benzene rings is 1.